The third-order valence-corrected chi connectivity index (χ3v) is 7.66. The van der Waals surface area contributed by atoms with Crippen LogP contribution in [0, 0.1) is 23.7 Å². The summed E-state index contributed by atoms with van der Waals surface area (Å²) in [5.74, 6) is -2.94. The molecule has 5 nitrogen and oxygen atoms in total. The molecular weight excluding hydrogens is 506 g/mol. The van der Waals surface area contributed by atoms with Crippen molar-refractivity contribution >= 4 is 17.7 Å². The third-order valence-electron chi connectivity index (χ3n) is 7.66. The Morgan fingerprint density at radius 2 is 1.11 bits per heavy atom. The Morgan fingerprint density at radius 1 is 0.676 bits per heavy atom. The fourth-order valence-corrected chi connectivity index (χ4v) is 6.05. The van der Waals surface area contributed by atoms with Gasteiger partial charge in [-0.25, -0.2) is 9.59 Å². The normalized spacial score (nSPS) is 28.8. The highest BCUT2D eigenvalue weighted by atomic mass is 19.4. The van der Waals surface area contributed by atoms with E-state index in [0.717, 1.165) is 48.5 Å². The zero-order valence-corrected chi connectivity index (χ0v) is 19.0. The summed E-state index contributed by atoms with van der Waals surface area (Å²) in [7, 11) is 0. The maximum Gasteiger partial charge on any atom is 0.416 e. The molecule has 3 fully saturated rings. The van der Waals surface area contributed by atoms with Gasteiger partial charge in [0.25, 0.3) is 0 Å². The number of carbonyl (C=O) groups is 3. The highest BCUT2D eigenvalue weighted by Gasteiger charge is 2.64. The van der Waals surface area contributed by atoms with Crippen molar-refractivity contribution in [3.05, 3.63) is 70.8 Å². The number of halogens is 6. The molecule has 0 aromatic heterocycles. The molecule has 0 radical (unpaired) electrons. The van der Waals surface area contributed by atoms with E-state index < -0.39 is 53.5 Å². The number of rotatable bonds is 4. The first-order valence-corrected chi connectivity index (χ1v) is 11.6. The molecule has 37 heavy (non-hydrogen) atoms. The summed E-state index contributed by atoms with van der Waals surface area (Å²) in [4.78, 5) is 38.1. The number of ketones is 1. The number of benzene rings is 2. The fraction of sp³-hybridized carbons (Fsp3) is 0.423. The molecule has 6 unspecified atom stereocenters. The van der Waals surface area contributed by atoms with Gasteiger partial charge in [0.05, 0.1) is 22.3 Å². The van der Waals surface area contributed by atoms with Crippen LogP contribution in [0.15, 0.2) is 48.5 Å². The Labute approximate surface area is 206 Å². The highest BCUT2D eigenvalue weighted by Crippen LogP contribution is 2.59. The number of Topliss-reactive ketones (excluding diaryl/α,β-unsaturated/α-hetero) is 1. The Kier molecular flexibility index (Phi) is 6.07. The molecule has 196 valence electrons. The van der Waals surface area contributed by atoms with E-state index in [1.807, 2.05) is 0 Å². The molecule has 3 saturated carbocycles. The van der Waals surface area contributed by atoms with E-state index in [0.29, 0.717) is 19.3 Å². The summed E-state index contributed by atoms with van der Waals surface area (Å²) in [6.45, 7) is 0. The van der Waals surface area contributed by atoms with Crippen LogP contribution in [-0.2, 0) is 26.6 Å². The van der Waals surface area contributed by atoms with Crippen molar-refractivity contribution in [3.8, 4) is 0 Å². The smallest absolute Gasteiger partial charge is 0.416 e. The van der Waals surface area contributed by atoms with Crippen LogP contribution in [0.2, 0.25) is 0 Å². The molecule has 2 aromatic rings. The molecule has 6 atom stereocenters. The molecule has 0 heterocycles. The van der Waals surface area contributed by atoms with E-state index in [1.54, 1.807) is 0 Å². The van der Waals surface area contributed by atoms with E-state index in [-0.39, 0.29) is 34.7 Å². The minimum atomic E-state index is -4.58. The second kappa shape index (κ2) is 8.88. The van der Waals surface area contributed by atoms with Crippen LogP contribution in [0.1, 0.15) is 51.1 Å². The van der Waals surface area contributed by atoms with Crippen molar-refractivity contribution in [1.82, 2.24) is 0 Å². The van der Waals surface area contributed by atoms with Gasteiger partial charge in [0, 0.05) is 24.2 Å². The van der Waals surface area contributed by atoms with Crippen molar-refractivity contribution < 1.29 is 50.2 Å². The monoisotopic (exact) mass is 526 g/mol. The molecular formula is C26H20F6O5. The Balaban J connectivity index is 1.36. The second-order valence-corrected chi connectivity index (χ2v) is 9.65. The van der Waals surface area contributed by atoms with Gasteiger partial charge in [-0.2, -0.15) is 26.3 Å². The number of hydrogen-bond donors (Lipinski definition) is 0. The lowest BCUT2D eigenvalue weighted by Crippen LogP contribution is -2.46. The molecule has 0 saturated heterocycles. The average Bonchev–Trinajstić information content (AvgIpc) is 3.50. The van der Waals surface area contributed by atoms with Crippen LogP contribution in [0.3, 0.4) is 0 Å². The Bertz CT molecular complexity index is 1220. The van der Waals surface area contributed by atoms with E-state index in [9.17, 15) is 40.7 Å². The van der Waals surface area contributed by atoms with Crippen molar-refractivity contribution in [2.45, 2.75) is 43.8 Å². The second-order valence-electron chi connectivity index (χ2n) is 9.65. The predicted molar refractivity (Wildman–Crippen MR) is 114 cm³/mol. The molecule has 5 rings (SSSR count). The minimum absolute atomic E-state index is 0.0283. The summed E-state index contributed by atoms with van der Waals surface area (Å²) in [6, 6.07) is 6.94. The Hall–Kier alpha value is -3.37. The Morgan fingerprint density at radius 3 is 1.54 bits per heavy atom. The lowest BCUT2D eigenvalue weighted by molar-refractivity contribution is -0.138. The van der Waals surface area contributed by atoms with E-state index in [2.05, 4.69) is 0 Å². The molecule has 0 spiro atoms. The summed E-state index contributed by atoms with van der Waals surface area (Å²) < 4.78 is 88.4. The van der Waals surface area contributed by atoms with Gasteiger partial charge in [0.15, 0.2) is 0 Å². The van der Waals surface area contributed by atoms with E-state index >= 15 is 0 Å². The topological polar surface area (TPSA) is 69.7 Å². The van der Waals surface area contributed by atoms with Gasteiger partial charge in [-0.3, -0.25) is 4.79 Å². The molecule has 0 amide bonds. The highest BCUT2D eigenvalue weighted by molar-refractivity contribution is 5.91. The van der Waals surface area contributed by atoms with Gasteiger partial charge >= 0.3 is 24.3 Å². The lowest BCUT2D eigenvalue weighted by atomic mass is 9.78. The number of hydrogen-bond acceptors (Lipinski definition) is 5. The van der Waals surface area contributed by atoms with Crippen LogP contribution in [0.5, 0.6) is 0 Å². The van der Waals surface area contributed by atoms with E-state index in [1.165, 1.54) is 0 Å². The van der Waals surface area contributed by atoms with Gasteiger partial charge in [0.1, 0.15) is 18.0 Å². The van der Waals surface area contributed by atoms with Gasteiger partial charge in [-0.1, -0.05) is 0 Å². The van der Waals surface area contributed by atoms with Gasteiger partial charge < -0.3 is 9.47 Å². The zero-order valence-electron chi connectivity index (χ0n) is 19.0. The van der Waals surface area contributed by atoms with Crippen molar-refractivity contribution in [2.75, 3.05) is 0 Å². The SMILES string of the molecule is O=C(OC1C2CC(C1OC(=O)c1ccc(C(F)(F)F)cc1)C1C(=O)CCC21)c1ccc(C(F)(F)F)cc1. The zero-order chi connectivity index (χ0) is 26.7. The number of fused-ring (bicyclic) bond motifs is 5. The lowest BCUT2D eigenvalue weighted by Gasteiger charge is -2.36. The molecule has 11 heteroatoms. The number of ether oxygens (including phenoxy) is 2. The first-order chi connectivity index (χ1) is 17.3. The van der Waals surface area contributed by atoms with Crippen molar-refractivity contribution in [3.63, 3.8) is 0 Å². The van der Waals surface area contributed by atoms with Gasteiger partial charge in [-0.05, 0) is 67.3 Å². The van der Waals surface area contributed by atoms with Crippen LogP contribution in [0.25, 0.3) is 0 Å². The first-order valence-electron chi connectivity index (χ1n) is 11.6. The molecule has 0 N–H and O–H groups in total. The molecule has 0 aliphatic heterocycles. The summed E-state index contributed by atoms with van der Waals surface area (Å²) in [5.41, 5.74) is -2.13. The fourth-order valence-electron chi connectivity index (χ4n) is 6.05. The number of esters is 2. The number of carbonyl (C=O) groups excluding carboxylic acids is 3. The van der Waals surface area contributed by atoms with Gasteiger partial charge in [0.2, 0.25) is 0 Å². The number of alkyl halides is 6. The maximum absolute atomic E-state index is 12.9. The largest absolute Gasteiger partial charge is 0.455 e. The molecule has 2 aromatic carbocycles. The maximum atomic E-state index is 12.9. The minimum Gasteiger partial charge on any atom is -0.455 e. The summed E-state index contributed by atoms with van der Waals surface area (Å²) >= 11 is 0. The van der Waals surface area contributed by atoms with E-state index in [4.69, 9.17) is 9.47 Å². The van der Waals surface area contributed by atoms with Crippen LogP contribution >= 0.6 is 0 Å². The van der Waals surface area contributed by atoms with Crippen LogP contribution in [0.4, 0.5) is 26.3 Å². The quantitative estimate of drug-likeness (QED) is 0.377. The average molecular weight is 526 g/mol. The predicted octanol–water partition coefficient (Wildman–Crippen LogP) is 5.72. The van der Waals surface area contributed by atoms with Crippen LogP contribution < -0.4 is 0 Å². The van der Waals surface area contributed by atoms with Crippen molar-refractivity contribution in [1.29, 1.82) is 0 Å². The molecule has 3 aliphatic carbocycles. The standard InChI is InChI=1S/C26H20F6O5/c27-25(28,29)14-5-1-12(2-6-14)23(34)36-21-17-11-18(20-16(17)9-10-19(20)33)22(21)37-24(35)13-3-7-15(8-4-13)26(30,31)32/h1-8,16-18,20-22H,9-11H2. The third kappa shape index (κ3) is 4.59. The molecule has 3 aliphatic rings. The van der Waals surface area contributed by atoms with Crippen molar-refractivity contribution in [2.24, 2.45) is 23.7 Å². The van der Waals surface area contributed by atoms with Crippen LogP contribution in [-0.4, -0.2) is 29.9 Å². The first kappa shape index (κ1) is 25.3. The summed E-state index contributed by atoms with van der Waals surface area (Å²) in [6.07, 6.45) is -9.71. The van der Waals surface area contributed by atoms with Gasteiger partial charge in [-0.15, -0.1) is 0 Å². The molecule has 2 bridgehead atoms. The summed E-state index contributed by atoms with van der Waals surface area (Å²) in [5, 5.41) is 0.